The minimum atomic E-state index is -0.558. The number of ether oxygens (including phenoxy) is 2. The predicted molar refractivity (Wildman–Crippen MR) is 126 cm³/mol. The zero-order valence-electron chi connectivity index (χ0n) is 19.3. The number of nitrogens with zero attached hydrogens (tertiary/aromatic N) is 4. The van der Waals surface area contributed by atoms with E-state index in [0.29, 0.717) is 37.8 Å². The van der Waals surface area contributed by atoms with Gasteiger partial charge >= 0.3 is 6.09 Å². The summed E-state index contributed by atoms with van der Waals surface area (Å²) in [5, 5.41) is 7.21. The van der Waals surface area contributed by atoms with Gasteiger partial charge in [-0.15, -0.1) is 0 Å². The Bertz CT molecular complexity index is 1210. The third-order valence-corrected chi connectivity index (χ3v) is 6.00. The van der Waals surface area contributed by atoms with E-state index < -0.39 is 18.0 Å². The standard InChI is InChI=1S/C25H26FN5O4/c1-17(32)27-10-21-13-31(25(33)35-21)20-7-8-24(22(26)9-20)29-11-19-12-30(28-23(19)14-29)16-34-15-18-5-3-2-4-6-18/h2-9,12,21H,10-11,13-16H2,1H3,(H,27,32)/t21-/m0/s1. The van der Waals surface area contributed by atoms with Crippen molar-refractivity contribution in [2.24, 2.45) is 0 Å². The van der Waals surface area contributed by atoms with Crippen LogP contribution in [0.5, 0.6) is 0 Å². The lowest BCUT2D eigenvalue weighted by Crippen LogP contribution is -2.33. The number of amides is 2. The predicted octanol–water partition coefficient (Wildman–Crippen LogP) is 3.18. The molecule has 1 aromatic heterocycles. The highest BCUT2D eigenvalue weighted by atomic mass is 19.1. The number of hydrogen-bond donors (Lipinski definition) is 1. The number of anilines is 2. The third kappa shape index (κ3) is 5.12. The maximum atomic E-state index is 15.0. The first-order valence-corrected chi connectivity index (χ1v) is 11.4. The largest absolute Gasteiger partial charge is 0.442 e. The average molecular weight is 480 g/mol. The van der Waals surface area contributed by atoms with Gasteiger partial charge in [-0.05, 0) is 23.8 Å². The molecule has 3 aromatic rings. The Kier molecular flexibility index (Phi) is 6.37. The van der Waals surface area contributed by atoms with Gasteiger partial charge in [0.25, 0.3) is 0 Å². The molecule has 3 heterocycles. The molecule has 35 heavy (non-hydrogen) atoms. The van der Waals surface area contributed by atoms with Crippen LogP contribution in [0.25, 0.3) is 0 Å². The molecule has 0 aliphatic carbocycles. The normalized spacial score (nSPS) is 17.0. The lowest BCUT2D eigenvalue weighted by molar-refractivity contribution is -0.119. The molecule has 9 nitrogen and oxygen atoms in total. The molecule has 2 aliphatic heterocycles. The molecule has 10 heteroatoms. The lowest BCUT2D eigenvalue weighted by Gasteiger charge is -2.21. The van der Waals surface area contributed by atoms with Crippen molar-refractivity contribution in [3.05, 3.63) is 77.4 Å². The van der Waals surface area contributed by atoms with E-state index in [0.717, 1.165) is 16.8 Å². The van der Waals surface area contributed by atoms with E-state index in [4.69, 9.17) is 9.47 Å². The van der Waals surface area contributed by atoms with Crippen LogP contribution in [-0.4, -0.2) is 41.0 Å². The fourth-order valence-corrected chi connectivity index (χ4v) is 4.29. The van der Waals surface area contributed by atoms with Crippen molar-refractivity contribution >= 4 is 23.4 Å². The van der Waals surface area contributed by atoms with Gasteiger partial charge in [0.2, 0.25) is 5.91 Å². The maximum Gasteiger partial charge on any atom is 0.414 e. The minimum Gasteiger partial charge on any atom is -0.442 e. The van der Waals surface area contributed by atoms with E-state index in [-0.39, 0.29) is 19.0 Å². The van der Waals surface area contributed by atoms with Crippen LogP contribution < -0.4 is 15.1 Å². The van der Waals surface area contributed by atoms with E-state index in [1.807, 2.05) is 41.4 Å². The molecular formula is C25H26FN5O4. The molecule has 1 N–H and O–H groups in total. The topological polar surface area (TPSA) is 88.9 Å². The Morgan fingerprint density at radius 2 is 2.06 bits per heavy atom. The van der Waals surface area contributed by atoms with E-state index in [2.05, 4.69) is 10.4 Å². The zero-order valence-corrected chi connectivity index (χ0v) is 19.3. The Morgan fingerprint density at radius 1 is 1.23 bits per heavy atom. The summed E-state index contributed by atoms with van der Waals surface area (Å²) >= 11 is 0. The van der Waals surface area contributed by atoms with Crippen molar-refractivity contribution in [1.82, 2.24) is 15.1 Å². The van der Waals surface area contributed by atoms with Crippen molar-refractivity contribution < 1.29 is 23.5 Å². The summed E-state index contributed by atoms with van der Waals surface area (Å²) in [6.07, 6.45) is 0.899. The molecule has 0 radical (unpaired) electrons. The molecule has 1 fully saturated rings. The van der Waals surface area contributed by atoms with Crippen molar-refractivity contribution in [3.8, 4) is 0 Å². The number of fused-ring (bicyclic) bond motifs is 1. The number of halogens is 1. The number of rotatable bonds is 8. The molecule has 1 atom stereocenters. The SMILES string of the molecule is CC(=O)NC[C@H]1CN(c2ccc(N3Cc4cn(COCc5ccccc5)nc4C3)c(F)c2)C(=O)O1. The van der Waals surface area contributed by atoms with E-state index in [1.165, 1.54) is 17.9 Å². The second-order valence-corrected chi connectivity index (χ2v) is 8.65. The van der Waals surface area contributed by atoms with Gasteiger partial charge in [-0.2, -0.15) is 5.10 Å². The van der Waals surface area contributed by atoms with Gasteiger partial charge in [0, 0.05) is 25.2 Å². The van der Waals surface area contributed by atoms with Crippen molar-refractivity contribution in [2.45, 2.75) is 39.5 Å². The smallest absolute Gasteiger partial charge is 0.414 e. The van der Waals surface area contributed by atoms with Crippen LogP contribution in [0.4, 0.5) is 20.6 Å². The summed E-state index contributed by atoms with van der Waals surface area (Å²) in [5.41, 5.74) is 3.88. The highest BCUT2D eigenvalue weighted by Gasteiger charge is 2.33. The second kappa shape index (κ2) is 9.75. The van der Waals surface area contributed by atoms with Gasteiger partial charge in [-0.3, -0.25) is 9.69 Å². The number of nitrogens with one attached hydrogen (secondary N) is 1. The monoisotopic (exact) mass is 479 g/mol. The van der Waals surface area contributed by atoms with Crippen LogP contribution in [0.1, 0.15) is 23.7 Å². The lowest BCUT2D eigenvalue weighted by atomic mass is 10.2. The molecule has 182 valence electrons. The van der Waals surface area contributed by atoms with Crippen LogP contribution in [-0.2, 0) is 40.7 Å². The van der Waals surface area contributed by atoms with Gasteiger partial charge in [0.15, 0.2) is 0 Å². The molecule has 2 amide bonds. The molecule has 0 spiro atoms. The van der Waals surface area contributed by atoms with Crippen molar-refractivity contribution in [1.29, 1.82) is 0 Å². The number of aromatic nitrogens is 2. The molecular weight excluding hydrogens is 453 g/mol. The summed E-state index contributed by atoms with van der Waals surface area (Å²) < 4.78 is 27.8. The summed E-state index contributed by atoms with van der Waals surface area (Å²) in [7, 11) is 0. The Balaban J connectivity index is 1.18. The van der Waals surface area contributed by atoms with Gasteiger partial charge < -0.3 is 19.7 Å². The first kappa shape index (κ1) is 22.9. The van der Waals surface area contributed by atoms with Gasteiger partial charge in [-0.25, -0.2) is 13.9 Å². The van der Waals surface area contributed by atoms with Gasteiger partial charge in [0.05, 0.1) is 43.3 Å². The van der Waals surface area contributed by atoms with Crippen molar-refractivity contribution in [3.63, 3.8) is 0 Å². The van der Waals surface area contributed by atoms with Crippen molar-refractivity contribution in [2.75, 3.05) is 22.9 Å². The number of cyclic esters (lactones) is 1. The minimum absolute atomic E-state index is 0.201. The molecule has 5 rings (SSSR count). The highest BCUT2D eigenvalue weighted by molar-refractivity contribution is 5.90. The van der Waals surface area contributed by atoms with Crippen LogP contribution >= 0.6 is 0 Å². The Hall–Kier alpha value is -3.92. The number of carbonyl (C=O) groups excluding carboxylic acids is 2. The Labute approximate surface area is 202 Å². The third-order valence-electron chi connectivity index (χ3n) is 6.00. The molecule has 0 unspecified atom stereocenters. The quantitative estimate of drug-likeness (QED) is 0.534. The first-order valence-electron chi connectivity index (χ1n) is 11.4. The van der Waals surface area contributed by atoms with Crippen LogP contribution in [0, 0.1) is 5.82 Å². The fraction of sp³-hybridized carbons (Fsp3) is 0.320. The van der Waals surface area contributed by atoms with Gasteiger partial charge in [0.1, 0.15) is 18.7 Å². The number of carbonyl (C=O) groups is 2. The van der Waals surface area contributed by atoms with Crippen LogP contribution in [0.2, 0.25) is 0 Å². The second-order valence-electron chi connectivity index (χ2n) is 8.65. The zero-order chi connectivity index (χ0) is 24.4. The van der Waals surface area contributed by atoms with E-state index >= 15 is 4.39 Å². The molecule has 2 aliphatic rings. The molecule has 0 saturated carbocycles. The highest BCUT2D eigenvalue weighted by Crippen LogP contribution is 2.32. The van der Waals surface area contributed by atoms with Crippen LogP contribution in [0.3, 0.4) is 0 Å². The summed E-state index contributed by atoms with van der Waals surface area (Å²) in [6, 6.07) is 14.7. The molecule has 1 saturated heterocycles. The first-order chi connectivity index (χ1) is 17.0. The number of hydrogen-bond acceptors (Lipinski definition) is 6. The van der Waals surface area contributed by atoms with Crippen LogP contribution in [0.15, 0.2) is 54.7 Å². The summed E-state index contributed by atoms with van der Waals surface area (Å²) in [4.78, 5) is 26.6. The molecule has 2 aromatic carbocycles. The summed E-state index contributed by atoms with van der Waals surface area (Å²) in [5.74, 6) is -0.627. The fourth-order valence-electron chi connectivity index (χ4n) is 4.29. The average Bonchev–Trinajstić information content (AvgIpc) is 3.51. The van der Waals surface area contributed by atoms with E-state index in [1.54, 1.807) is 16.8 Å². The molecule has 0 bridgehead atoms. The summed E-state index contributed by atoms with van der Waals surface area (Å²) in [6.45, 7) is 3.74. The Morgan fingerprint density at radius 3 is 2.80 bits per heavy atom. The maximum absolute atomic E-state index is 15.0. The van der Waals surface area contributed by atoms with E-state index in [9.17, 15) is 9.59 Å². The number of benzene rings is 2. The van der Waals surface area contributed by atoms with Gasteiger partial charge in [-0.1, -0.05) is 30.3 Å².